The number of para-hydroxylation sites is 1. The molecule has 0 spiro atoms. The molecule has 0 atom stereocenters. The first-order chi connectivity index (χ1) is 13.5. The van der Waals surface area contributed by atoms with E-state index in [9.17, 15) is 9.50 Å². The minimum atomic E-state index is -0.268. The van der Waals surface area contributed by atoms with Crippen molar-refractivity contribution in [2.24, 2.45) is 4.99 Å². The zero-order valence-electron chi connectivity index (χ0n) is 16.2. The molecule has 2 N–H and O–H groups in total. The van der Waals surface area contributed by atoms with Gasteiger partial charge in [0, 0.05) is 55.4 Å². The first-order valence-corrected chi connectivity index (χ1v) is 9.65. The number of aliphatic imine (C=N–C) groups is 1. The Morgan fingerprint density at radius 3 is 2.57 bits per heavy atom. The molecule has 1 aliphatic rings. The summed E-state index contributed by atoms with van der Waals surface area (Å²) in [5.74, 6) is -0.208. The molecule has 0 aliphatic carbocycles. The van der Waals surface area contributed by atoms with Crippen LogP contribution in [0.4, 0.5) is 15.8 Å². The lowest BCUT2D eigenvalue weighted by atomic mass is 10.2. The smallest absolute Gasteiger partial charge is 0.198 e. The van der Waals surface area contributed by atoms with E-state index in [1.165, 1.54) is 6.07 Å². The summed E-state index contributed by atoms with van der Waals surface area (Å²) in [6, 6.07) is 13.2. The second kappa shape index (κ2) is 7.64. The minimum absolute atomic E-state index is 0.0602. The maximum absolute atomic E-state index is 14.7. The molecule has 3 aromatic rings. The van der Waals surface area contributed by atoms with Crippen LogP contribution in [0.15, 0.2) is 47.5 Å². The highest BCUT2D eigenvalue weighted by Gasteiger charge is 2.21. The first kappa shape index (κ1) is 18.5. The van der Waals surface area contributed by atoms with Crippen molar-refractivity contribution in [1.29, 1.82) is 0 Å². The largest absolute Gasteiger partial charge is 0.494 e. The number of aromatic nitrogens is 1. The molecule has 1 aromatic heterocycles. The van der Waals surface area contributed by atoms with E-state index in [1.807, 2.05) is 30.3 Å². The lowest BCUT2D eigenvalue weighted by Gasteiger charge is -2.38. The molecule has 1 fully saturated rings. The van der Waals surface area contributed by atoms with Gasteiger partial charge in [0.2, 0.25) is 0 Å². The number of aromatic hydroxyl groups is 1. The number of benzene rings is 2. The summed E-state index contributed by atoms with van der Waals surface area (Å²) >= 11 is 0. The number of rotatable bonds is 4. The standard InChI is InChI=1S/C22H25FN4O/c1-15(2)26-9-11-27(12-10-26)21-8-7-16(13-19(21)23)24-14-18-17-5-3-4-6-20(17)25-22(18)28/h3-8,13-15,25,28H,9-12H2,1-2H3. The van der Waals surface area contributed by atoms with Crippen molar-refractivity contribution in [3.63, 3.8) is 0 Å². The Kier molecular flexibility index (Phi) is 5.05. The van der Waals surface area contributed by atoms with E-state index < -0.39 is 0 Å². The molecule has 2 heterocycles. The van der Waals surface area contributed by atoms with Gasteiger partial charge in [0.05, 0.1) is 16.9 Å². The van der Waals surface area contributed by atoms with Crippen molar-refractivity contribution < 1.29 is 9.50 Å². The van der Waals surface area contributed by atoms with Crippen LogP contribution >= 0.6 is 0 Å². The Hall–Kier alpha value is -2.86. The van der Waals surface area contributed by atoms with E-state index in [2.05, 4.69) is 33.6 Å². The molecule has 6 heteroatoms. The van der Waals surface area contributed by atoms with E-state index in [4.69, 9.17) is 0 Å². The number of halogens is 1. The van der Waals surface area contributed by atoms with Gasteiger partial charge < -0.3 is 15.0 Å². The maximum Gasteiger partial charge on any atom is 0.198 e. The molecule has 4 rings (SSSR count). The fourth-order valence-corrected chi connectivity index (χ4v) is 3.73. The number of piperazine rings is 1. The minimum Gasteiger partial charge on any atom is -0.494 e. The van der Waals surface area contributed by atoms with Gasteiger partial charge in [-0.25, -0.2) is 4.39 Å². The van der Waals surface area contributed by atoms with Crippen LogP contribution in [0.3, 0.4) is 0 Å². The number of anilines is 1. The average Bonchev–Trinajstić information content (AvgIpc) is 3.01. The topological polar surface area (TPSA) is 54.9 Å². The zero-order valence-corrected chi connectivity index (χ0v) is 16.2. The third-order valence-corrected chi connectivity index (χ3v) is 5.38. The molecule has 0 bridgehead atoms. The van der Waals surface area contributed by atoms with E-state index in [-0.39, 0.29) is 11.7 Å². The van der Waals surface area contributed by atoms with Gasteiger partial charge in [-0.2, -0.15) is 0 Å². The molecular weight excluding hydrogens is 355 g/mol. The Bertz CT molecular complexity index is 1000. The first-order valence-electron chi connectivity index (χ1n) is 9.65. The van der Waals surface area contributed by atoms with Crippen molar-refractivity contribution >= 4 is 28.5 Å². The Morgan fingerprint density at radius 1 is 1.11 bits per heavy atom. The summed E-state index contributed by atoms with van der Waals surface area (Å²) < 4.78 is 14.7. The molecule has 0 amide bonds. The number of hydrogen-bond donors (Lipinski definition) is 2. The summed E-state index contributed by atoms with van der Waals surface area (Å²) in [5.41, 5.74) is 2.58. The fourth-order valence-electron chi connectivity index (χ4n) is 3.73. The molecule has 0 unspecified atom stereocenters. The van der Waals surface area contributed by atoms with Crippen LogP contribution in [0, 0.1) is 5.82 Å². The Morgan fingerprint density at radius 2 is 1.86 bits per heavy atom. The number of fused-ring (bicyclic) bond motifs is 1. The van der Waals surface area contributed by atoms with Gasteiger partial charge in [-0.1, -0.05) is 18.2 Å². The summed E-state index contributed by atoms with van der Waals surface area (Å²) in [7, 11) is 0. The fraction of sp³-hybridized carbons (Fsp3) is 0.318. The number of hydrogen-bond acceptors (Lipinski definition) is 4. The molecule has 146 valence electrons. The van der Waals surface area contributed by atoms with E-state index in [0.29, 0.717) is 23.0 Å². The molecule has 0 saturated carbocycles. The summed E-state index contributed by atoms with van der Waals surface area (Å²) in [6.07, 6.45) is 1.57. The average molecular weight is 380 g/mol. The van der Waals surface area contributed by atoms with Gasteiger partial charge in [-0.05, 0) is 32.0 Å². The number of nitrogens with zero attached hydrogens (tertiary/aromatic N) is 3. The van der Waals surface area contributed by atoms with Gasteiger partial charge in [-0.15, -0.1) is 0 Å². The third kappa shape index (κ3) is 3.60. The van der Waals surface area contributed by atoms with Gasteiger partial charge in [0.1, 0.15) is 5.82 Å². The summed E-state index contributed by atoms with van der Waals surface area (Å²) in [4.78, 5) is 11.8. The van der Waals surface area contributed by atoms with Crippen LogP contribution in [-0.4, -0.2) is 53.4 Å². The monoisotopic (exact) mass is 380 g/mol. The van der Waals surface area contributed by atoms with Crippen LogP contribution in [0.1, 0.15) is 19.4 Å². The molecular formula is C22H25FN4O. The van der Waals surface area contributed by atoms with Crippen LogP contribution in [-0.2, 0) is 0 Å². The summed E-state index contributed by atoms with van der Waals surface area (Å²) in [6.45, 7) is 7.90. The molecule has 5 nitrogen and oxygen atoms in total. The quantitative estimate of drug-likeness (QED) is 0.664. The van der Waals surface area contributed by atoms with Crippen molar-refractivity contribution in [3.8, 4) is 5.88 Å². The second-order valence-electron chi connectivity index (χ2n) is 7.44. The lowest BCUT2D eigenvalue weighted by Crippen LogP contribution is -2.49. The van der Waals surface area contributed by atoms with Crippen molar-refractivity contribution in [1.82, 2.24) is 9.88 Å². The molecule has 1 aliphatic heterocycles. The maximum atomic E-state index is 14.7. The van der Waals surface area contributed by atoms with Gasteiger partial charge in [0.25, 0.3) is 0 Å². The highest BCUT2D eigenvalue weighted by molar-refractivity contribution is 6.02. The van der Waals surface area contributed by atoms with Crippen LogP contribution < -0.4 is 4.90 Å². The highest BCUT2D eigenvalue weighted by Crippen LogP contribution is 2.28. The molecule has 28 heavy (non-hydrogen) atoms. The zero-order chi connectivity index (χ0) is 19.7. The van der Waals surface area contributed by atoms with E-state index in [1.54, 1.807) is 12.3 Å². The SMILES string of the molecule is CC(C)N1CCN(c2ccc(N=Cc3c(O)[nH]c4ccccc34)cc2F)CC1. The lowest BCUT2D eigenvalue weighted by molar-refractivity contribution is 0.209. The van der Waals surface area contributed by atoms with Crippen molar-refractivity contribution in [2.75, 3.05) is 31.1 Å². The van der Waals surface area contributed by atoms with Gasteiger partial charge in [0.15, 0.2) is 5.88 Å². The highest BCUT2D eigenvalue weighted by atomic mass is 19.1. The second-order valence-corrected chi connectivity index (χ2v) is 7.44. The number of nitrogens with one attached hydrogen (secondary N) is 1. The van der Waals surface area contributed by atoms with Gasteiger partial charge >= 0.3 is 0 Å². The van der Waals surface area contributed by atoms with E-state index >= 15 is 0 Å². The predicted molar refractivity (Wildman–Crippen MR) is 113 cm³/mol. The molecule has 0 radical (unpaired) electrons. The number of H-pyrrole nitrogens is 1. The van der Waals surface area contributed by atoms with Crippen molar-refractivity contribution in [3.05, 3.63) is 53.8 Å². The normalized spacial score (nSPS) is 15.9. The van der Waals surface area contributed by atoms with Crippen molar-refractivity contribution in [2.45, 2.75) is 19.9 Å². The van der Waals surface area contributed by atoms with E-state index in [0.717, 1.165) is 37.1 Å². The third-order valence-electron chi connectivity index (χ3n) is 5.38. The molecule has 1 saturated heterocycles. The molecule has 2 aromatic carbocycles. The summed E-state index contributed by atoms with van der Waals surface area (Å²) in [5, 5.41) is 11.0. The van der Waals surface area contributed by atoms with Crippen LogP contribution in [0.25, 0.3) is 10.9 Å². The number of aromatic amines is 1. The Balaban J connectivity index is 1.52. The van der Waals surface area contributed by atoms with Gasteiger partial charge in [-0.3, -0.25) is 9.89 Å². The van der Waals surface area contributed by atoms with Crippen LogP contribution in [0.5, 0.6) is 5.88 Å². The predicted octanol–water partition coefficient (Wildman–Crippen LogP) is 4.29. The Labute approximate surface area is 164 Å². The van der Waals surface area contributed by atoms with Crippen LogP contribution in [0.2, 0.25) is 0 Å².